The van der Waals surface area contributed by atoms with Gasteiger partial charge in [0.05, 0.1) is 18.6 Å². The monoisotopic (exact) mass is 420 g/mol. The Bertz CT molecular complexity index is 1050. The molecular formula is C24H24N2O3S. The van der Waals surface area contributed by atoms with Gasteiger partial charge in [0.2, 0.25) is 5.91 Å². The lowest BCUT2D eigenvalue weighted by atomic mass is 9.81. The van der Waals surface area contributed by atoms with Crippen molar-refractivity contribution in [2.24, 2.45) is 0 Å². The smallest absolute Gasteiger partial charge is 0.254 e. The van der Waals surface area contributed by atoms with E-state index in [1.54, 1.807) is 29.4 Å². The summed E-state index contributed by atoms with van der Waals surface area (Å²) in [5, 5.41) is 5.08. The number of thiophene rings is 1. The van der Waals surface area contributed by atoms with E-state index in [0.717, 1.165) is 21.7 Å². The zero-order chi connectivity index (χ0) is 21.1. The molecule has 0 fully saturated rings. The number of anilines is 1. The normalized spacial score (nSPS) is 18.2. The van der Waals surface area contributed by atoms with Gasteiger partial charge in [-0.1, -0.05) is 42.5 Å². The Labute approximate surface area is 180 Å². The van der Waals surface area contributed by atoms with Gasteiger partial charge in [0.15, 0.2) is 0 Å². The molecule has 0 unspecified atom stereocenters. The van der Waals surface area contributed by atoms with E-state index in [4.69, 9.17) is 4.74 Å². The summed E-state index contributed by atoms with van der Waals surface area (Å²) in [6.45, 7) is 2.79. The van der Waals surface area contributed by atoms with Crippen LogP contribution in [0.1, 0.15) is 38.3 Å². The number of aryl methyl sites for hydroxylation is 1. The maximum atomic E-state index is 13.6. The van der Waals surface area contributed by atoms with Crippen molar-refractivity contribution in [3.63, 3.8) is 0 Å². The number of benzene rings is 2. The number of hydrogen-bond donors (Lipinski definition) is 1. The molecule has 0 saturated carbocycles. The fourth-order valence-electron chi connectivity index (χ4n) is 4.01. The third-order valence-electron chi connectivity index (χ3n) is 5.50. The van der Waals surface area contributed by atoms with Crippen LogP contribution in [0, 0.1) is 6.92 Å². The minimum absolute atomic E-state index is 0.0685. The summed E-state index contributed by atoms with van der Waals surface area (Å²) in [6.07, 6.45) is 0. The third kappa shape index (κ3) is 3.76. The zero-order valence-corrected chi connectivity index (χ0v) is 17.8. The van der Waals surface area contributed by atoms with Gasteiger partial charge in [0.1, 0.15) is 0 Å². The number of methoxy groups -OCH3 is 1. The summed E-state index contributed by atoms with van der Waals surface area (Å²) >= 11 is 1.56. The number of carbonyl (C=O) groups is 2. The quantitative estimate of drug-likeness (QED) is 0.633. The van der Waals surface area contributed by atoms with Crippen LogP contribution in [0.15, 0.2) is 66.0 Å². The number of fused-ring (bicyclic) bond motifs is 1. The Morgan fingerprint density at radius 3 is 2.60 bits per heavy atom. The van der Waals surface area contributed by atoms with Crippen LogP contribution < -0.4 is 5.32 Å². The number of carbonyl (C=O) groups excluding carboxylic acids is 2. The number of ether oxygens (including phenoxy) is 1. The second-order valence-corrected chi connectivity index (χ2v) is 8.30. The second-order valence-electron chi connectivity index (χ2n) is 7.32. The van der Waals surface area contributed by atoms with Crippen molar-refractivity contribution in [2.75, 3.05) is 25.6 Å². The predicted molar refractivity (Wildman–Crippen MR) is 119 cm³/mol. The summed E-state index contributed by atoms with van der Waals surface area (Å²) in [6, 6.07) is 18.7. The highest BCUT2D eigenvalue weighted by atomic mass is 32.1. The molecule has 4 rings (SSSR count). The number of nitrogens with one attached hydrogen (secondary N) is 1. The van der Waals surface area contributed by atoms with Gasteiger partial charge in [-0.15, -0.1) is 11.3 Å². The fraction of sp³-hybridized carbons (Fsp3) is 0.250. The lowest BCUT2D eigenvalue weighted by Gasteiger charge is -2.41. The Kier molecular flexibility index (Phi) is 5.97. The van der Waals surface area contributed by atoms with E-state index < -0.39 is 5.92 Å². The average molecular weight is 421 g/mol. The second kappa shape index (κ2) is 8.81. The number of nitrogens with zero attached hydrogens (tertiary/aromatic N) is 1. The van der Waals surface area contributed by atoms with Crippen LogP contribution in [0.25, 0.3) is 0 Å². The lowest BCUT2D eigenvalue weighted by molar-refractivity contribution is -0.119. The first-order chi connectivity index (χ1) is 14.6. The van der Waals surface area contributed by atoms with Crippen molar-refractivity contribution >= 4 is 28.8 Å². The van der Waals surface area contributed by atoms with Crippen LogP contribution in [0.5, 0.6) is 0 Å². The van der Waals surface area contributed by atoms with Gasteiger partial charge in [0, 0.05) is 29.8 Å². The first-order valence-electron chi connectivity index (χ1n) is 9.90. The molecule has 1 aliphatic rings. The number of hydrogen-bond acceptors (Lipinski definition) is 4. The summed E-state index contributed by atoms with van der Waals surface area (Å²) in [5.41, 5.74) is 3.12. The molecule has 1 aromatic heterocycles. The topological polar surface area (TPSA) is 58.6 Å². The molecule has 2 heterocycles. The van der Waals surface area contributed by atoms with Gasteiger partial charge in [0.25, 0.3) is 5.91 Å². The summed E-state index contributed by atoms with van der Waals surface area (Å²) in [5.74, 6) is -0.708. The van der Waals surface area contributed by atoms with E-state index in [1.807, 2.05) is 66.9 Å². The molecule has 2 amide bonds. The molecule has 0 spiro atoms. The average Bonchev–Trinajstić information content (AvgIpc) is 3.29. The number of para-hydroxylation sites is 1. The molecule has 0 aliphatic carbocycles. The van der Waals surface area contributed by atoms with Gasteiger partial charge in [-0.25, -0.2) is 0 Å². The number of amides is 2. The van der Waals surface area contributed by atoms with Gasteiger partial charge < -0.3 is 15.0 Å². The van der Waals surface area contributed by atoms with Crippen molar-refractivity contribution in [3.8, 4) is 0 Å². The molecule has 2 aromatic carbocycles. The zero-order valence-electron chi connectivity index (χ0n) is 17.0. The first-order valence-corrected chi connectivity index (χ1v) is 10.8. The number of rotatable bonds is 6. The van der Waals surface area contributed by atoms with Crippen molar-refractivity contribution in [3.05, 3.63) is 87.6 Å². The largest absolute Gasteiger partial charge is 0.383 e. The highest BCUT2D eigenvalue weighted by Gasteiger charge is 2.44. The Balaban J connectivity index is 1.81. The summed E-state index contributed by atoms with van der Waals surface area (Å²) < 4.78 is 5.26. The van der Waals surface area contributed by atoms with E-state index in [1.165, 1.54) is 0 Å². The van der Waals surface area contributed by atoms with E-state index in [0.29, 0.717) is 18.7 Å². The molecule has 6 heteroatoms. The van der Waals surface area contributed by atoms with E-state index in [9.17, 15) is 9.59 Å². The molecule has 0 radical (unpaired) electrons. The Morgan fingerprint density at radius 1 is 1.10 bits per heavy atom. The molecule has 1 aliphatic heterocycles. The fourth-order valence-corrected chi connectivity index (χ4v) is 4.88. The molecule has 0 saturated heterocycles. The summed E-state index contributed by atoms with van der Waals surface area (Å²) in [7, 11) is 1.62. The van der Waals surface area contributed by atoms with Crippen LogP contribution in [-0.4, -0.2) is 37.0 Å². The standard InChI is InChI=1S/C24H24N2O3S/c1-16-8-3-6-11-19(16)25-23(27)21-17-9-4-5-10-18(17)24(28)26(13-14-29-2)22(21)20-12-7-15-30-20/h3-12,15,21-22H,13-14H2,1-2H3,(H,25,27)/t21-,22+/m0/s1. The van der Waals surface area contributed by atoms with Crippen LogP contribution in [0.4, 0.5) is 5.69 Å². The van der Waals surface area contributed by atoms with Gasteiger partial charge in [-0.05, 0) is 41.6 Å². The molecule has 30 heavy (non-hydrogen) atoms. The van der Waals surface area contributed by atoms with Gasteiger partial charge >= 0.3 is 0 Å². The van der Waals surface area contributed by atoms with E-state index in [2.05, 4.69) is 5.32 Å². The van der Waals surface area contributed by atoms with Gasteiger partial charge in [-0.2, -0.15) is 0 Å². The minimum atomic E-state index is -0.519. The van der Waals surface area contributed by atoms with Crippen molar-refractivity contribution in [2.45, 2.75) is 18.9 Å². The van der Waals surface area contributed by atoms with Crippen molar-refractivity contribution in [1.29, 1.82) is 0 Å². The van der Waals surface area contributed by atoms with Crippen LogP contribution in [0.3, 0.4) is 0 Å². The Morgan fingerprint density at radius 2 is 1.87 bits per heavy atom. The van der Waals surface area contributed by atoms with E-state index >= 15 is 0 Å². The Hall–Kier alpha value is -2.96. The SMILES string of the molecule is COCCN1C(=O)c2ccccc2[C@H](C(=O)Nc2ccccc2C)[C@H]1c1cccs1. The van der Waals surface area contributed by atoms with Crippen LogP contribution in [0.2, 0.25) is 0 Å². The predicted octanol–water partition coefficient (Wildman–Crippen LogP) is 4.62. The minimum Gasteiger partial charge on any atom is -0.383 e. The maximum absolute atomic E-state index is 13.6. The van der Waals surface area contributed by atoms with Crippen LogP contribution in [-0.2, 0) is 9.53 Å². The maximum Gasteiger partial charge on any atom is 0.254 e. The highest BCUT2D eigenvalue weighted by molar-refractivity contribution is 7.10. The molecular weight excluding hydrogens is 396 g/mol. The van der Waals surface area contributed by atoms with Crippen molar-refractivity contribution in [1.82, 2.24) is 4.90 Å². The molecule has 5 nitrogen and oxygen atoms in total. The lowest BCUT2D eigenvalue weighted by Crippen LogP contribution is -2.47. The molecule has 0 bridgehead atoms. The van der Waals surface area contributed by atoms with Gasteiger partial charge in [-0.3, -0.25) is 9.59 Å². The van der Waals surface area contributed by atoms with Crippen LogP contribution >= 0.6 is 11.3 Å². The highest BCUT2D eigenvalue weighted by Crippen LogP contribution is 2.44. The van der Waals surface area contributed by atoms with Crippen molar-refractivity contribution < 1.29 is 14.3 Å². The molecule has 154 valence electrons. The van der Waals surface area contributed by atoms with E-state index in [-0.39, 0.29) is 17.9 Å². The molecule has 1 N–H and O–H groups in total. The first kappa shape index (κ1) is 20.3. The molecule has 2 atom stereocenters. The summed E-state index contributed by atoms with van der Waals surface area (Å²) in [4.78, 5) is 29.8. The third-order valence-corrected chi connectivity index (χ3v) is 6.44. The molecule has 3 aromatic rings.